The normalized spacial score (nSPS) is 16.3. The molecule has 0 heterocycles. The number of nitro benzene ring substituents is 1. The lowest BCUT2D eigenvalue weighted by Gasteiger charge is -2.22. The Hall–Kier alpha value is -1.78. The minimum atomic E-state index is -0.452. The molecular weight excluding hydrogens is 234 g/mol. The summed E-state index contributed by atoms with van der Waals surface area (Å²) in [7, 11) is 1.42. The number of nitrogens with zero attached hydrogens (tertiary/aromatic N) is 1. The highest BCUT2D eigenvalue weighted by atomic mass is 16.6. The summed E-state index contributed by atoms with van der Waals surface area (Å²) in [6.45, 7) is 0. The Balaban J connectivity index is 2.13. The predicted molar refractivity (Wildman–Crippen MR) is 67.1 cm³/mol. The molecule has 1 aliphatic rings. The molecule has 1 aromatic carbocycles. The summed E-state index contributed by atoms with van der Waals surface area (Å²) in [5.74, 6) is 0.811. The summed E-state index contributed by atoms with van der Waals surface area (Å²) < 4.78 is 10.7. The number of methoxy groups -OCH3 is 1. The largest absolute Gasteiger partial charge is 0.490 e. The Morgan fingerprint density at radius 2 is 2.00 bits per heavy atom. The van der Waals surface area contributed by atoms with Crippen LogP contribution in [0.15, 0.2) is 18.2 Å². The maximum atomic E-state index is 10.9. The summed E-state index contributed by atoms with van der Waals surface area (Å²) in [6, 6.07) is 4.74. The molecule has 18 heavy (non-hydrogen) atoms. The van der Waals surface area contributed by atoms with Crippen LogP contribution in [0.5, 0.6) is 11.5 Å². The topological polar surface area (TPSA) is 61.6 Å². The van der Waals surface area contributed by atoms with E-state index >= 15 is 0 Å². The van der Waals surface area contributed by atoms with E-state index in [0.717, 1.165) is 12.8 Å². The van der Waals surface area contributed by atoms with Crippen molar-refractivity contribution < 1.29 is 14.4 Å². The van der Waals surface area contributed by atoms with Gasteiger partial charge in [-0.2, -0.15) is 0 Å². The highest BCUT2D eigenvalue weighted by Crippen LogP contribution is 2.32. The molecule has 0 amide bonds. The van der Waals surface area contributed by atoms with Crippen molar-refractivity contribution in [1.29, 1.82) is 0 Å². The van der Waals surface area contributed by atoms with E-state index in [0.29, 0.717) is 5.75 Å². The zero-order valence-corrected chi connectivity index (χ0v) is 10.4. The summed E-state index contributed by atoms with van der Waals surface area (Å²) in [6.07, 6.45) is 5.83. The van der Waals surface area contributed by atoms with Gasteiger partial charge in [-0.25, -0.2) is 0 Å². The van der Waals surface area contributed by atoms with Gasteiger partial charge in [-0.1, -0.05) is 6.42 Å². The first kappa shape index (κ1) is 12.7. The number of ether oxygens (including phenoxy) is 2. The number of benzene rings is 1. The summed E-state index contributed by atoms with van der Waals surface area (Å²) in [5, 5.41) is 10.9. The molecule has 0 saturated heterocycles. The molecule has 0 aliphatic heterocycles. The van der Waals surface area contributed by atoms with Gasteiger partial charge in [-0.3, -0.25) is 10.1 Å². The van der Waals surface area contributed by atoms with Crippen molar-refractivity contribution in [2.24, 2.45) is 0 Å². The van der Waals surface area contributed by atoms with Crippen molar-refractivity contribution in [3.8, 4) is 11.5 Å². The summed E-state index contributed by atoms with van der Waals surface area (Å²) >= 11 is 0. The SMILES string of the molecule is COc1ccc(OC2CCCCC2)cc1[N+](=O)[O-]. The van der Waals surface area contributed by atoms with Crippen LogP contribution in [0.25, 0.3) is 0 Å². The average Bonchev–Trinajstić information content (AvgIpc) is 2.40. The van der Waals surface area contributed by atoms with Crippen LogP contribution in [0, 0.1) is 10.1 Å². The van der Waals surface area contributed by atoms with Crippen molar-refractivity contribution in [3.05, 3.63) is 28.3 Å². The van der Waals surface area contributed by atoms with Gasteiger partial charge < -0.3 is 9.47 Å². The molecule has 0 unspecified atom stereocenters. The van der Waals surface area contributed by atoms with E-state index in [1.807, 2.05) is 0 Å². The minimum Gasteiger partial charge on any atom is -0.490 e. The van der Waals surface area contributed by atoms with E-state index < -0.39 is 4.92 Å². The average molecular weight is 251 g/mol. The monoisotopic (exact) mass is 251 g/mol. The second kappa shape index (κ2) is 5.71. The van der Waals surface area contributed by atoms with Gasteiger partial charge in [-0.05, 0) is 37.8 Å². The molecule has 5 nitrogen and oxygen atoms in total. The zero-order valence-electron chi connectivity index (χ0n) is 10.4. The van der Waals surface area contributed by atoms with Crippen LogP contribution < -0.4 is 9.47 Å². The van der Waals surface area contributed by atoms with Crippen LogP contribution in [-0.2, 0) is 0 Å². The molecule has 98 valence electrons. The van der Waals surface area contributed by atoms with E-state index in [4.69, 9.17) is 9.47 Å². The van der Waals surface area contributed by atoms with Crippen LogP contribution in [0.2, 0.25) is 0 Å². The second-order valence-corrected chi connectivity index (χ2v) is 4.47. The van der Waals surface area contributed by atoms with Crippen LogP contribution in [-0.4, -0.2) is 18.1 Å². The van der Waals surface area contributed by atoms with E-state index in [1.54, 1.807) is 12.1 Å². The Morgan fingerprint density at radius 1 is 1.28 bits per heavy atom. The quantitative estimate of drug-likeness (QED) is 0.608. The lowest BCUT2D eigenvalue weighted by atomic mass is 9.98. The molecule has 1 aromatic rings. The predicted octanol–water partition coefficient (Wildman–Crippen LogP) is 3.31. The first-order chi connectivity index (χ1) is 8.70. The van der Waals surface area contributed by atoms with Crippen molar-refractivity contribution in [2.45, 2.75) is 38.2 Å². The first-order valence-corrected chi connectivity index (χ1v) is 6.20. The number of hydrogen-bond acceptors (Lipinski definition) is 4. The van der Waals surface area contributed by atoms with Gasteiger partial charge in [-0.15, -0.1) is 0 Å². The standard InChI is InChI=1S/C13H17NO4/c1-17-13-8-7-11(9-12(13)14(15)16)18-10-5-3-2-4-6-10/h7-10H,2-6H2,1H3. The highest BCUT2D eigenvalue weighted by Gasteiger charge is 2.19. The van der Waals surface area contributed by atoms with E-state index in [9.17, 15) is 10.1 Å². The lowest BCUT2D eigenvalue weighted by Crippen LogP contribution is -2.19. The fourth-order valence-corrected chi connectivity index (χ4v) is 2.26. The third-order valence-electron chi connectivity index (χ3n) is 3.20. The van der Waals surface area contributed by atoms with Gasteiger partial charge in [0.1, 0.15) is 5.75 Å². The van der Waals surface area contributed by atoms with Crippen molar-refractivity contribution >= 4 is 5.69 Å². The molecule has 1 aliphatic carbocycles. The van der Waals surface area contributed by atoms with Gasteiger partial charge in [0.05, 0.1) is 24.2 Å². The van der Waals surface area contributed by atoms with Crippen LogP contribution >= 0.6 is 0 Å². The lowest BCUT2D eigenvalue weighted by molar-refractivity contribution is -0.385. The Bertz CT molecular complexity index is 427. The summed E-state index contributed by atoms with van der Waals surface area (Å²) in [5.41, 5.74) is -0.0502. The van der Waals surface area contributed by atoms with Crippen LogP contribution in [0.4, 0.5) is 5.69 Å². The second-order valence-electron chi connectivity index (χ2n) is 4.47. The van der Waals surface area contributed by atoms with E-state index in [2.05, 4.69) is 0 Å². The van der Waals surface area contributed by atoms with Gasteiger partial charge in [0.25, 0.3) is 0 Å². The van der Waals surface area contributed by atoms with E-state index in [-0.39, 0.29) is 17.5 Å². The summed E-state index contributed by atoms with van der Waals surface area (Å²) in [4.78, 5) is 10.4. The number of rotatable bonds is 4. The van der Waals surface area contributed by atoms with Gasteiger partial charge in [0.15, 0.2) is 5.75 Å². The Labute approximate surface area is 106 Å². The molecule has 1 saturated carbocycles. The Kier molecular flexibility index (Phi) is 4.02. The van der Waals surface area contributed by atoms with Crippen molar-refractivity contribution in [2.75, 3.05) is 7.11 Å². The van der Waals surface area contributed by atoms with Gasteiger partial charge >= 0.3 is 5.69 Å². The zero-order chi connectivity index (χ0) is 13.0. The molecule has 0 atom stereocenters. The molecule has 0 spiro atoms. The van der Waals surface area contributed by atoms with Gasteiger partial charge in [0.2, 0.25) is 0 Å². The maximum absolute atomic E-state index is 10.9. The molecular formula is C13H17NO4. The van der Waals surface area contributed by atoms with Crippen LogP contribution in [0.1, 0.15) is 32.1 Å². The van der Waals surface area contributed by atoms with Crippen LogP contribution in [0.3, 0.4) is 0 Å². The van der Waals surface area contributed by atoms with Crippen molar-refractivity contribution in [3.63, 3.8) is 0 Å². The number of hydrogen-bond donors (Lipinski definition) is 0. The molecule has 0 bridgehead atoms. The molecule has 2 rings (SSSR count). The maximum Gasteiger partial charge on any atom is 0.314 e. The highest BCUT2D eigenvalue weighted by molar-refractivity contribution is 5.50. The smallest absolute Gasteiger partial charge is 0.314 e. The first-order valence-electron chi connectivity index (χ1n) is 6.20. The fraction of sp³-hybridized carbons (Fsp3) is 0.538. The molecule has 0 N–H and O–H groups in total. The molecule has 5 heteroatoms. The molecule has 0 radical (unpaired) electrons. The van der Waals surface area contributed by atoms with Gasteiger partial charge in [0, 0.05) is 0 Å². The molecule has 0 aromatic heterocycles. The van der Waals surface area contributed by atoms with Crippen molar-refractivity contribution in [1.82, 2.24) is 0 Å². The third-order valence-corrected chi connectivity index (χ3v) is 3.20. The number of nitro groups is 1. The van der Waals surface area contributed by atoms with E-state index in [1.165, 1.54) is 32.4 Å². The molecule has 1 fully saturated rings. The Morgan fingerprint density at radius 3 is 2.61 bits per heavy atom. The minimum absolute atomic E-state index is 0.0502. The fourth-order valence-electron chi connectivity index (χ4n) is 2.26. The third kappa shape index (κ3) is 2.91.